The van der Waals surface area contributed by atoms with Gasteiger partial charge in [-0.05, 0) is 26.7 Å². The van der Waals surface area contributed by atoms with Crippen molar-refractivity contribution in [3.8, 4) is 0 Å². The molecule has 120 valence electrons. The Morgan fingerprint density at radius 3 is 1.26 bits per heavy atom. The number of carbonyl (C=O) groups is 2. The summed E-state index contributed by atoms with van der Waals surface area (Å²) < 4.78 is 0. The second-order valence-corrected chi connectivity index (χ2v) is 3.38. The Labute approximate surface area is 141 Å². The smallest absolute Gasteiger partial charge is 1.00 e. The minimum absolute atomic E-state index is 0. The van der Waals surface area contributed by atoms with Gasteiger partial charge in [-0.15, -0.1) is 0 Å². The van der Waals surface area contributed by atoms with Gasteiger partial charge in [-0.1, -0.05) is 19.3 Å². The van der Waals surface area contributed by atoms with Gasteiger partial charge >= 0.3 is 21.1 Å². The van der Waals surface area contributed by atoms with Crippen LogP contribution in [0.3, 0.4) is 0 Å². The fourth-order valence-electron chi connectivity index (χ4n) is 1.13. The standard InChI is InChI=1S/C6H13N.2C2H4O2.2ClH.H3N.Pt/c7-6-4-2-1-3-5-6;2*1-2(3)4;;;;/h6H,1-5,7H2;2*1H3,(H,3,4);2*1H;1H3;/q;;;;;;+4/p-4/i;;;;;;1+0. The second-order valence-electron chi connectivity index (χ2n) is 3.38. The molecule has 0 bridgehead atoms. The van der Waals surface area contributed by atoms with Crippen LogP contribution in [0.1, 0.15) is 46.0 Å². The van der Waals surface area contributed by atoms with Gasteiger partial charge in [-0.25, -0.2) is 0 Å². The molecular weight excluding hydrogens is 478 g/mol. The second kappa shape index (κ2) is 26.6. The molecule has 19 heavy (non-hydrogen) atoms. The molecule has 0 aromatic carbocycles. The summed E-state index contributed by atoms with van der Waals surface area (Å²) in [5, 5.41) is 17.8. The number of nitrogens with two attached hydrogens (primary N) is 1. The Bertz CT molecular complexity index is 174. The molecule has 9 heteroatoms. The van der Waals surface area contributed by atoms with E-state index in [1.807, 2.05) is 0 Å². The third-order valence-electron chi connectivity index (χ3n) is 1.65. The average molecular weight is 500 g/mol. The van der Waals surface area contributed by atoms with E-state index in [4.69, 9.17) is 25.5 Å². The summed E-state index contributed by atoms with van der Waals surface area (Å²) >= 11 is 0. The van der Waals surface area contributed by atoms with Gasteiger partial charge < -0.3 is 56.5 Å². The molecule has 1 fully saturated rings. The summed E-state index contributed by atoms with van der Waals surface area (Å²) in [6.45, 7) is 1.94. The Kier molecular flexibility index (Phi) is 51.1. The number of carboxylic acids is 2. The van der Waals surface area contributed by atoms with Crippen molar-refractivity contribution in [2.24, 2.45) is 5.73 Å². The molecule has 5 N–H and O–H groups in total. The van der Waals surface area contributed by atoms with E-state index >= 15 is 0 Å². The maximum Gasteiger partial charge on any atom is 4.00 e. The predicted octanol–water partition coefficient (Wildman–Crippen LogP) is -7.04. The normalized spacial score (nSPS) is 11.9. The van der Waals surface area contributed by atoms with Crippen molar-refractivity contribution < 1.29 is 65.7 Å². The Balaban J connectivity index is -0.0000000320. The van der Waals surface area contributed by atoms with Crippen molar-refractivity contribution >= 4 is 11.9 Å². The molecule has 0 atom stereocenters. The predicted molar refractivity (Wildman–Crippen MR) is 57.4 cm³/mol. The molecular formula is C10H22Cl2N2O4Pt. The van der Waals surface area contributed by atoms with Gasteiger partial charge in [0.05, 0.1) is 0 Å². The van der Waals surface area contributed by atoms with Gasteiger partial charge in [0.15, 0.2) is 0 Å². The first-order chi connectivity index (χ1) is 6.86. The SMILES string of the molecule is CC(=O)[O-].CC(=O)[O-].N.NC1CCCCC1.[195Pt+4].[Cl-].[Cl-]. The average Bonchev–Trinajstić information content (AvgIpc) is 2.03. The van der Waals surface area contributed by atoms with Crippen LogP contribution in [0.4, 0.5) is 0 Å². The van der Waals surface area contributed by atoms with E-state index in [9.17, 15) is 0 Å². The van der Waals surface area contributed by atoms with Gasteiger partial charge in [0, 0.05) is 18.0 Å². The third kappa shape index (κ3) is 71.4. The molecule has 0 aromatic rings. The first kappa shape index (κ1) is 36.5. The summed E-state index contributed by atoms with van der Waals surface area (Å²) in [6.07, 6.45) is 6.66. The largest absolute Gasteiger partial charge is 4.00 e. The van der Waals surface area contributed by atoms with Crippen molar-refractivity contribution in [3.05, 3.63) is 0 Å². The number of carboxylic acid groups (broad SMARTS) is 2. The van der Waals surface area contributed by atoms with E-state index in [1.54, 1.807) is 0 Å². The zero-order chi connectivity index (χ0) is 12.3. The Morgan fingerprint density at radius 1 is 0.947 bits per heavy atom. The third-order valence-corrected chi connectivity index (χ3v) is 1.65. The van der Waals surface area contributed by atoms with Crippen LogP contribution in [0, 0.1) is 0 Å². The number of carbonyl (C=O) groups excluding carboxylic acids is 2. The van der Waals surface area contributed by atoms with Crippen LogP contribution in [0.15, 0.2) is 0 Å². The van der Waals surface area contributed by atoms with Crippen molar-refractivity contribution in [1.29, 1.82) is 0 Å². The van der Waals surface area contributed by atoms with Crippen LogP contribution in [0.25, 0.3) is 0 Å². The number of halogens is 2. The molecule has 0 radical (unpaired) electrons. The number of hydrogen-bond acceptors (Lipinski definition) is 6. The number of hydrogen-bond donors (Lipinski definition) is 2. The van der Waals surface area contributed by atoms with Crippen molar-refractivity contribution in [2.45, 2.75) is 52.0 Å². The molecule has 0 heterocycles. The van der Waals surface area contributed by atoms with Crippen molar-refractivity contribution in [1.82, 2.24) is 6.15 Å². The summed E-state index contributed by atoms with van der Waals surface area (Å²) in [4.78, 5) is 17.8. The topological polar surface area (TPSA) is 141 Å². The molecule has 0 saturated heterocycles. The van der Waals surface area contributed by atoms with Crippen molar-refractivity contribution in [2.75, 3.05) is 0 Å². The number of rotatable bonds is 0. The van der Waals surface area contributed by atoms with Crippen LogP contribution >= 0.6 is 0 Å². The molecule has 1 rings (SSSR count). The molecule has 0 aromatic heterocycles. The van der Waals surface area contributed by atoms with Crippen LogP contribution in [0.5, 0.6) is 0 Å². The molecule has 1 aliphatic carbocycles. The Morgan fingerprint density at radius 2 is 1.16 bits per heavy atom. The van der Waals surface area contributed by atoms with Gasteiger partial charge in [-0.2, -0.15) is 0 Å². The molecule has 0 unspecified atom stereocenters. The number of aliphatic carboxylic acids is 2. The summed E-state index contributed by atoms with van der Waals surface area (Å²) in [5.74, 6) is -2.17. The van der Waals surface area contributed by atoms with Crippen LogP contribution in [0.2, 0.25) is 0 Å². The molecule has 0 amide bonds. The fourth-order valence-corrected chi connectivity index (χ4v) is 1.13. The van der Waals surface area contributed by atoms with E-state index < -0.39 is 11.9 Å². The molecule has 0 aliphatic heterocycles. The van der Waals surface area contributed by atoms with E-state index in [0.717, 1.165) is 13.8 Å². The minimum atomic E-state index is -1.08. The molecule has 1 saturated carbocycles. The van der Waals surface area contributed by atoms with E-state index in [0.29, 0.717) is 6.04 Å². The fraction of sp³-hybridized carbons (Fsp3) is 0.800. The zero-order valence-corrected chi connectivity index (χ0v) is 14.9. The maximum atomic E-state index is 8.89. The van der Waals surface area contributed by atoms with Crippen LogP contribution in [-0.2, 0) is 30.7 Å². The molecule has 6 nitrogen and oxygen atoms in total. The minimum Gasteiger partial charge on any atom is -1.00 e. The first-order valence-electron chi connectivity index (χ1n) is 4.97. The van der Waals surface area contributed by atoms with Gasteiger partial charge in [0.1, 0.15) is 0 Å². The van der Waals surface area contributed by atoms with E-state index in [2.05, 4.69) is 0 Å². The summed E-state index contributed by atoms with van der Waals surface area (Å²) in [7, 11) is 0. The van der Waals surface area contributed by atoms with E-state index in [1.165, 1.54) is 32.1 Å². The first-order valence-corrected chi connectivity index (χ1v) is 4.97. The van der Waals surface area contributed by atoms with Gasteiger partial charge in [0.2, 0.25) is 0 Å². The monoisotopic (exact) mass is 499 g/mol. The zero-order valence-electron chi connectivity index (χ0n) is 11.1. The molecule has 1 aliphatic rings. The quantitative estimate of drug-likeness (QED) is 0.339. The maximum absolute atomic E-state index is 8.89. The van der Waals surface area contributed by atoms with Gasteiger partial charge in [0.25, 0.3) is 0 Å². The van der Waals surface area contributed by atoms with Crippen LogP contribution in [-0.4, -0.2) is 18.0 Å². The molecule has 0 spiro atoms. The van der Waals surface area contributed by atoms with Crippen LogP contribution < -0.4 is 46.9 Å². The van der Waals surface area contributed by atoms with Crippen molar-refractivity contribution in [3.63, 3.8) is 0 Å². The summed E-state index contributed by atoms with van der Waals surface area (Å²) in [5.41, 5.74) is 5.63. The van der Waals surface area contributed by atoms with E-state index in [-0.39, 0.29) is 52.0 Å². The summed E-state index contributed by atoms with van der Waals surface area (Å²) in [6, 6.07) is 0.536. The van der Waals surface area contributed by atoms with Gasteiger partial charge in [-0.3, -0.25) is 0 Å². The Hall–Kier alpha value is 0.128.